The third-order valence-corrected chi connectivity index (χ3v) is 1.39. The molecule has 0 aromatic carbocycles. The summed E-state index contributed by atoms with van der Waals surface area (Å²) in [5.41, 5.74) is 0.975. The zero-order chi connectivity index (χ0) is 9.56. The highest BCUT2D eigenvalue weighted by Crippen LogP contribution is 2.06. The van der Waals surface area contributed by atoms with Gasteiger partial charge in [0, 0.05) is 11.5 Å². The van der Waals surface area contributed by atoms with Crippen LogP contribution in [0.2, 0.25) is 0 Å². The molecule has 12 heavy (non-hydrogen) atoms. The topological polar surface area (TPSA) is 0 Å². The first-order valence-electron chi connectivity index (χ1n) is 4.25. The molecule has 0 saturated heterocycles. The van der Waals surface area contributed by atoms with E-state index in [0.717, 1.165) is 5.57 Å². The molecule has 0 aliphatic rings. The van der Waals surface area contributed by atoms with Crippen LogP contribution >= 0.6 is 0 Å². The van der Waals surface area contributed by atoms with Crippen molar-refractivity contribution in [2.75, 3.05) is 0 Å². The Balaban J connectivity index is 4.37. The Morgan fingerprint density at radius 3 is 2.17 bits per heavy atom. The maximum Gasteiger partial charge on any atom is 0.0149 e. The predicted octanol–water partition coefficient (Wildman–Crippen LogP) is 2.86. The normalized spacial score (nSPS) is 10.9. The third kappa shape index (κ3) is 4.64. The van der Waals surface area contributed by atoms with E-state index >= 15 is 0 Å². The van der Waals surface area contributed by atoms with Crippen molar-refractivity contribution in [1.82, 2.24) is 0 Å². The van der Waals surface area contributed by atoms with Gasteiger partial charge in [0.05, 0.1) is 0 Å². The fourth-order valence-electron chi connectivity index (χ4n) is 0.661. The molecule has 0 fully saturated rings. The summed E-state index contributed by atoms with van der Waals surface area (Å²) < 4.78 is 0. The zero-order valence-corrected chi connectivity index (χ0v) is 8.31. The molecule has 0 radical (unpaired) electrons. The van der Waals surface area contributed by atoms with Crippen molar-refractivity contribution in [3.8, 4) is 24.2 Å². The number of hydrogen-bond donors (Lipinski definition) is 0. The minimum atomic E-state index is 0.400. The van der Waals surface area contributed by atoms with Gasteiger partial charge in [0.1, 0.15) is 0 Å². The van der Waals surface area contributed by atoms with Crippen LogP contribution in [0.3, 0.4) is 0 Å². The van der Waals surface area contributed by atoms with Crippen LogP contribution in [0.25, 0.3) is 0 Å². The molecule has 0 aromatic heterocycles. The number of allylic oxidation sites excluding steroid dienone is 2. The lowest BCUT2D eigenvalue weighted by Crippen LogP contribution is -1.89. The summed E-state index contributed by atoms with van der Waals surface area (Å²) in [4.78, 5) is 0. The standard InChI is InChI=1S/C12H16/c1-6-12(11(4)5)9-7-8-10(2)3/h1,9-11H,2-5H3/b12-9-. The molecule has 0 N–H and O–H groups in total. The number of rotatable bonds is 1. The van der Waals surface area contributed by atoms with Gasteiger partial charge in [-0.15, -0.1) is 6.42 Å². The van der Waals surface area contributed by atoms with Crippen LogP contribution in [0.1, 0.15) is 27.7 Å². The van der Waals surface area contributed by atoms with Crippen LogP contribution < -0.4 is 0 Å². The lowest BCUT2D eigenvalue weighted by molar-refractivity contribution is 0.799. The van der Waals surface area contributed by atoms with Crippen molar-refractivity contribution in [3.05, 3.63) is 11.6 Å². The second-order valence-corrected chi connectivity index (χ2v) is 3.34. The molecule has 0 heterocycles. The Labute approximate surface area is 76.1 Å². The van der Waals surface area contributed by atoms with E-state index in [0.29, 0.717) is 11.8 Å². The van der Waals surface area contributed by atoms with Crippen LogP contribution in [0.5, 0.6) is 0 Å². The molecular weight excluding hydrogens is 144 g/mol. The van der Waals surface area contributed by atoms with Crippen molar-refractivity contribution < 1.29 is 0 Å². The Kier molecular flexibility index (Phi) is 4.98. The molecule has 0 aliphatic carbocycles. The third-order valence-electron chi connectivity index (χ3n) is 1.39. The van der Waals surface area contributed by atoms with Gasteiger partial charge in [-0.05, 0) is 12.0 Å². The van der Waals surface area contributed by atoms with Gasteiger partial charge in [0.25, 0.3) is 0 Å². The van der Waals surface area contributed by atoms with Gasteiger partial charge in [-0.1, -0.05) is 45.5 Å². The highest BCUT2D eigenvalue weighted by Gasteiger charge is 1.96. The van der Waals surface area contributed by atoms with Gasteiger partial charge in [-0.25, -0.2) is 0 Å². The SMILES string of the molecule is C#C/C(=C/C#CC(C)C)C(C)C. The molecular formula is C12H16. The minimum absolute atomic E-state index is 0.400. The molecule has 0 nitrogen and oxygen atoms in total. The van der Waals surface area contributed by atoms with Crippen molar-refractivity contribution in [2.45, 2.75) is 27.7 Å². The molecule has 0 aromatic rings. The second kappa shape index (κ2) is 5.50. The quantitative estimate of drug-likeness (QED) is 0.517. The Morgan fingerprint density at radius 2 is 1.83 bits per heavy atom. The van der Waals surface area contributed by atoms with Crippen molar-refractivity contribution in [2.24, 2.45) is 11.8 Å². The van der Waals surface area contributed by atoms with E-state index in [1.807, 2.05) is 6.08 Å². The maximum absolute atomic E-state index is 5.30. The molecule has 0 amide bonds. The van der Waals surface area contributed by atoms with Gasteiger partial charge in [-0.3, -0.25) is 0 Å². The monoisotopic (exact) mass is 160 g/mol. The van der Waals surface area contributed by atoms with E-state index in [1.54, 1.807) is 0 Å². The Morgan fingerprint density at radius 1 is 1.25 bits per heavy atom. The molecule has 0 atom stereocenters. The van der Waals surface area contributed by atoms with Gasteiger partial charge in [0.2, 0.25) is 0 Å². The summed E-state index contributed by atoms with van der Waals surface area (Å²) in [6.07, 6.45) is 7.14. The van der Waals surface area contributed by atoms with Gasteiger partial charge in [-0.2, -0.15) is 0 Å². The van der Waals surface area contributed by atoms with Crippen LogP contribution in [0.15, 0.2) is 11.6 Å². The Hall–Kier alpha value is -1.14. The molecule has 64 valence electrons. The van der Waals surface area contributed by atoms with Gasteiger partial charge in [0.15, 0.2) is 0 Å². The minimum Gasteiger partial charge on any atom is -0.115 e. The summed E-state index contributed by atoms with van der Waals surface area (Å²) in [6, 6.07) is 0. The lowest BCUT2D eigenvalue weighted by Gasteiger charge is -1.99. The van der Waals surface area contributed by atoms with E-state index in [-0.39, 0.29) is 0 Å². The highest BCUT2D eigenvalue weighted by molar-refractivity contribution is 5.34. The largest absolute Gasteiger partial charge is 0.115 e. The van der Waals surface area contributed by atoms with E-state index in [2.05, 4.69) is 45.5 Å². The summed E-state index contributed by atoms with van der Waals surface area (Å²) in [7, 11) is 0. The molecule has 0 heteroatoms. The van der Waals surface area contributed by atoms with Crippen LogP contribution in [-0.2, 0) is 0 Å². The predicted molar refractivity (Wildman–Crippen MR) is 54.4 cm³/mol. The average molecular weight is 160 g/mol. The summed E-state index contributed by atoms with van der Waals surface area (Å²) in [6.45, 7) is 8.27. The summed E-state index contributed by atoms with van der Waals surface area (Å²) in [5, 5.41) is 0. The first-order valence-corrected chi connectivity index (χ1v) is 4.25. The molecule has 0 aliphatic heterocycles. The first kappa shape index (κ1) is 10.9. The number of hydrogen-bond acceptors (Lipinski definition) is 0. The average Bonchev–Trinajstić information content (AvgIpc) is 1.96. The van der Waals surface area contributed by atoms with E-state index in [4.69, 9.17) is 6.42 Å². The molecule has 0 saturated carbocycles. The van der Waals surface area contributed by atoms with Crippen molar-refractivity contribution in [3.63, 3.8) is 0 Å². The van der Waals surface area contributed by atoms with Gasteiger partial charge < -0.3 is 0 Å². The van der Waals surface area contributed by atoms with Crippen LogP contribution in [0.4, 0.5) is 0 Å². The van der Waals surface area contributed by atoms with E-state index in [1.165, 1.54) is 0 Å². The molecule has 0 unspecified atom stereocenters. The summed E-state index contributed by atoms with van der Waals surface area (Å²) >= 11 is 0. The van der Waals surface area contributed by atoms with E-state index in [9.17, 15) is 0 Å². The Bertz CT molecular complexity index is 248. The zero-order valence-electron chi connectivity index (χ0n) is 8.31. The molecule has 0 bridgehead atoms. The lowest BCUT2D eigenvalue weighted by atomic mass is 10.0. The van der Waals surface area contributed by atoms with Gasteiger partial charge >= 0.3 is 0 Å². The highest BCUT2D eigenvalue weighted by atomic mass is 14.0. The fourth-order valence-corrected chi connectivity index (χ4v) is 0.661. The van der Waals surface area contributed by atoms with Crippen molar-refractivity contribution in [1.29, 1.82) is 0 Å². The smallest absolute Gasteiger partial charge is 0.0149 e. The molecule has 0 rings (SSSR count). The van der Waals surface area contributed by atoms with E-state index < -0.39 is 0 Å². The maximum atomic E-state index is 5.30. The summed E-state index contributed by atoms with van der Waals surface area (Å²) in [5.74, 6) is 9.45. The molecule has 0 spiro atoms. The van der Waals surface area contributed by atoms with Crippen LogP contribution in [-0.4, -0.2) is 0 Å². The van der Waals surface area contributed by atoms with Crippen molar-refractivity contribution >= 4 is 0 Å². The first-order chi connectivity index (χ1) is 5.57. The number of terminal acetylenes is 1. The second-order valence-electron chi connectivity index (χ2n) is 3.34. The van der Waals surface area contributed by atoms with Crippen LogP contribution in [0, 0.1) is 36.0 Å². The fraction of sp³-hybridized carbons (Fsp3) is 0.500.